The van der Waals surface area contributed by atoms with Gasteiger partial charge in [0.25, 0.3) is 5.91 Å². The molecular weight excluding hydrogens is 390 g/mol. The van der Waals surface area contributed by atoms with Gasteiger partial charge in [-0.25, -0.2) is 0 Å². The maximum atomic E-state index is 13.8. The summed E-state index contributed by atoms with van der Waals surface area (Å²) in [5.74, 6) is 0.751. The van der Waals surface area contributed by atoms with Crippen LogP contribution in [0.5, 0.6) is 5.75 Å². The molecule has 2 aliphatic heterocycles. The molecule has 2 aromatic carbocycles. The molecule has 6 heteroatoms. The molecule has 1 aromatic heterocycles. The number of amides is 2. The molecule has 1 aliphatic carbocycles. The summed E-state index contributed by atoms with van der Waals surface area (Å²) in [6.45, 7) is 2.54. The van der Waals surface area contributed by atoms with Gasteiger partial charge in [-0.3, -0.25) is 9.59 Å². The van der Waals surface area contributed by atoms with Crippen molar-refractivity contribution in [3.8, 4) is 5.75 Å². The van der Waals surface area contributed by atoms with E-state index < -0.39 is 5.54 Å². The standard InChI is InChI=1S/C25H25N3O3/c1-25-23-22(17-8-3-5-9-19(17)26-23)18(16-7-4-6-10-20(16)31-2)13-28(25)21(29)14-27(24(25)30)15-11-12-15/h3-10,15,18,26H,11-14H2,1-2H3/t18-,25-/m0/s1. The van der Waals surface area contributed by atoms with Gasteiger partial charge in [-0.1, -0.05) is 36.4 Å². The van der Waals surface area contributed by atoms with Crippen LogP contribution in [0.3, 0.4) is 0 Å². The summed E-state index contributed by atoms with van der Waals surface area (Å²) in [7, 11) is 1.67. The normalized spacial score (nSPS) is 25.5. The third-order valence-electron chi connectivity index (χ3n) is 7.27. The van der Waals surface area contributed by atoms with Crippen LogP contribution in [0.15, 0.2) is 48.5 Å². The van der Waals surface area contributed by atoms with Crippen molar-refractivity contribution in [3.63, 3.8) is 0 Å². The maximum absolute atomic E-state index is 13.8. The molecule has 3 heterocycles. The lowest BCUT2D eigenvalue weighted by atomic mass is 9.76. The average Bonchev–Trinajstić information content (AvgIpc) is 3.56. The molecule has 158 valence electrons. The lowest BCUT2D eigenvalue weighted by Crippen LogP contribution is -2.67. The molecule has 0 unspecified atom stereocenters. The SMILES string of the molecule is COc1ccccc1[C@@H]1CN2C(=O)CN(C3CC3)C(=O)[C@]2(C)c2[nH]c3ccccc3c21. The number of carbonyl (C=O) groups is 2. The van der Waals surface area contributed by atoms with Gasteiger partial charge >= 0.3 is 0 Å². The molecule has 0 bridgehead atoms. The second kappa shape index (κ2) is 6.36. The molecule has 3 aromatic rings. The van der Waals surface area contributed by atoms with Crippen LogP contribution < -0.4 is 4.74 Å². The molecule has 2 fully saturated rings. The molecule has 1 N–H and O–H groups in total. The van der Waals surface area contributed by atoms with Gasteiger partial charge in [-0.2, -0.15) is 0 Å². The fourth-order valence-corrected chi connectivity index (χ4v) is 5.55. The van der Waals surface area contributed by atoms with Crippen LogP contribution >= 0.6 is 0 Å². The largest absolute Gasteiger partial charge is 0.496 e. The molecule has 2 atom stereocenters. The van der Waals surface area contributed by atoms with Crippen molar-refractivity contribution in [1.29, 1.82) is 0 Å². The number of methoxy groups -OCH3 is 1. The Labute approximate surface area is 180 Å². The number of aromatic nitrogens is 1. The minimum absolute atomic E-state index is 0.0122. The maximum Gasteiger partial charge on any atom is 0.255 e. The van der Waals surface area contributed by atoms with Crippen LogP contribution in [0.2, 0.25) is 0 Å². The summed E-state index contributed by atoms with van der Waals surface area (Å²) in [5, 5.41) is 1.10. The molecule has 0 spiro atoms. The molecule has 2 amide bonds. The Morgan fingerprint density at radius 2 is 1.81 bits per heavy atom. The number of nitrogens with one attached hydrogen (secondary N) is 1. The fourth-order valence-electron chi connectivity index (χ4n) is 5.55. The summed E-state index contributed by atoms with van der Waals surface area (Å²) < 4.78 is 5.68. The summed E-state index contributed by atoms with van der Waals surface area (Å²) in [6, 6.07) is 16.3. The van der Waals surface area contributed by atoms with Crippen LogP contribution in [-0.2, 0) is 15.1 Å². The molecule has 1 saturated heterocycles. The Balaban J connectivity index is 1.62. The molecular formula is C25H25N3O3. The molecule has 31 heavy (non-hydrogen) atoms. The first-order valence-corrected chi connectivity index (χ1v) is 10.9. The van der Waals surface area contributed by atoms with Crippen LogP contribution in [-0.4, -0.2) is 52.8 Å². The first-order valence-electron chi connectivity index (χ1n) is 10.9. The smallest absolute Gasteiger partial charge is 0.255 e. The highest BCUT2D eigenvalue weighted by atomic mass is 16.5. The number of piperazine rings is 1. The van der Waals surface area contributed by atoms with E-state index in [-0.39, 0.29) is 30.3 Å². The Bertz CT molecular complexity index is 1230. The second-order valence-electron chi connectivity index (χ2n) is 8.99. The molecule has 6 rings (SSSR count). The summed E-state index contributed by atoms with van der Waals surface area (Å²) in [4.78, 5) is 34.3. The first kappa shape index (κ1) is 18.5. The van der Waals surface area contributed by atoms with Crippen molar-refractivity contribution < 1.29 is 14.3 Å². The van der Waals surface area contributed by atoms with E-state index in [2.05, 4.69) is 17.1 Å². The zero-order valence-electron chi connectivity index (χ0n) is 17.7. The topological polar surface area (TPSA) is 65.6 Å². The Hall–Kier alpha value is -3.28. The van der Waals surface area contributed by atoms with E-state index >= 15 is 0 Å². The number of rotatable bonds is 3. The van der Waals surface area contributed by atoms with Crippen molar-refractivity contribution >= 4 is 22.7 Å². The highest BCUT2D eigenvalue weighted by molar-refractivity contribution is 6.01. The second-order valence-corrected chi connectivity index (χ2v) is 8.99. The van der Waals surface area contributed by atoms with Crippen molar-refractivity contribution in [1.82, 2.24) is 14.8 Å². The van der Waals surface area contributed by atoms with Gasteiger partial charge in [0.2, 0.25) is 5.91 Å². The van der Waals surface area contributed by atoms with Crippen molar-refractivity contribution in [2.45, 2.75) is 37.3 Å². The zero-order chi connectivity index (χ0) is 21.3. The van der Waals surface area contributed by atoms with E-state index in [1.165, 1.54) is 0 Å². The van der Waals surface area contributed by atoms with Crippen LogP contribution in [0.4, 0.5) is 0 Å². The van der Waals surface area contributed by atoms with Gasteiger partial charge in [0.15, 0.2) is 5.54 Å². The molecule has 6 nitrogen and oxygen atoms in total. The number of fused-ring (bicyclic) bond motifs is 5. The van der Waals surface area contributed by atoms with Gasteiger partial charge in [-0.05, 0) is 37.5 Å². The first-order chi connectivity index (χ1) is 15.0. The lowest BCUT2D eigenvalue weighted by Gasteiger charge is -2.51. The highest BCUT2D eigenvalue weighted by Crippen LogP contribution is 2.50. The summed E-state index contributed by atoms with van der Waals surface area (Å²) >= 11 is 0. The van der Waals surface area contributed by atoms with E-state index in [1.807, 2.05) is 43.3 Å². The fraction of sp³-hybridized carbons (Fsp3) is 0.360. The van der Waals surface area contributed by atoms with E-state index in [1.54, 1.807) is 16.9 Å². The van der Waals surface area contributed by atoms with Gasteiger partial charge in [0.05, 0.1) is 12.8 Å². The zero-order valence-corrected chi connectivity index (χ0v) is 17.7. The minimum Gasteiger partial charge on any atom is -0.496 e. The summed E-state index contributed by atoms with van der Waals surface area (Å²) in [6.07, 6.45) is 1.97. The number of hydrogen-bond donors (Lipinski definition) is 1. The molecule has 1 saturated carbocycles. The minimum atomic E-state index is -1.02. The number of hydrogen-bond acceptors (Lipinski definition) is 3. The summed E-state index contributed by atoms with van der Waals surface area (Å²) in [5.41, 5.74) is 2.92. The predicted octanol–water partition coefficient (Wildman–Crippen LogP) is 3.37. The third kappa shape index (κ3) is 2.44. The highest BCUT2D eigenvalue weighted by Gasteiger charge is 2.58. The van der Waals surface area contributed by atoms with E-state index in [0.29, 0.717) is 6.54 Å². The molecule has 3 aliphatic rings. The predicted molar refractivity (Wildman–Crippen MR) is 117 cm³/mol. The van der Waals surface area contributed by atoms with Crippen molar-refractivity contribution in [2.75, 3.05) is 20.2 Å². The van der Waals surface area contributed by atoms with Gasteiger partial charge < -0.3 is 19.5 Å². The quantitative estimate of drug-likeness (QED) is 0.713. The third-order valence-corrected chi connectivity index (χ3v) is 7.27. The average molecular weight is 415 g/mol. The number of H-pyrrole nitrogens is 1. The van der Waals surface area contributed by atoms with Crippen LogP contribution in [0, 0.1) is 0 Å². The molecule has 0 radical (unpaired) electrons. The number of benzene rings is 2. The van der Waals surface area contributed by atoms with Gasteiger partial charge in [0.1, 0.15) is 12.3 Å². The Morgan fingerprint density at radius 3 is 2.58 bits per heavy atom. The van der Waals surface area contributed by atoms with Crippen LogP contribution in [0.25, 0.3) is 10.9 Å². The van der Waals surface area contributed by atoms with Gasteiger partial charge in [-0.15, -0.1) is 0 Å². The number of para-hydroxylation sites is 2. The van der Waals surface area contributed by atoms with E-state index in [4.69, 9.17) is 4.74 Å². The monoisotopic (exact) mass is 415 g/mol. The van der Waals surface area contributed by atoms with Crippen molar-refractivity contribution in [3.05, 3.63) is 65.4 Å². The number of carbonyl (C=O) groups excluding carboxylic acids is 2. The number of nitrogens with zero attached hydrogens (tertiary/aromatic N) is 2. The van der Waals surface area contributed by atoms with Gasteiger partial charge in [0, 0.05) is 35.0 Å². The number of aromatic amines is 1. The Morgan fingerprint density at radius 1 is 1.06 bits per heavy atom. The van der Waals surface area contributed by atoms with Crippen molar-refractivity contribution in [2.24, 2.45) is 0 Å². The van der Waals surface area contributed by atoms with E-state index in [0.717, 1.165) is 46.3 Å². The van der Waals surface area contributed by atoms with Crippen LogP contribution in [0.1, 0.15) is 42.5 Å². The lowest BCUT2D eigenvalue weighted by molar-refractivity contribution is -0.166. The van der Waals surface area contributed by atoms with E-state index in [9.17, 15) is 9.59 Å². The Kier molecular flexibility index (Phi) is 3.79. The number of ether oxygens (including phenoxy) is 1.